The maximum atomic E-state index is 14.3. The molecule has 0 saturated carbocycles. The van der Waals surface area contributed by atoms with Crippen molar-refractivity contribution in [3.63, 3.8) is 0 Å². The van der Waals surface area contributed by atoms with Gasteiger partial charge in [0.25, 0.3) is 0 Å². The van der Waals surface area contributed by atoms with Crippen LogP contribution in [0.15, 0.2) is 12.1 Å². The van der Waals surface area contributed by atoms with E-state index in [1.807, 2.05) is 0 Å². The number of amides is 1. The number of piperazine rings is 1. The number of carboxylic acids is 1. The van der Waals surface area contributed by atoms with Crippen LogP contribution in [0.1, 0.15) is 36.7 Å². The van der Waals surface area contributed by atoms with Crippen molar-refractivity contribution in [1.29, 1.82) is 0 Å². The normalized spacial score (nSPS) is 15.2. The van der Waals surface area contributed by atoms with Crippen LogP contribution in [0, 0.1) is 5.82 Å². The molecule has 1 fully saturated rings. The number of anilines is 1. The molecule has 0 aromatic heterocycles. The van der Waals surface area contributed by atoms with Gasteiger partial charge in [-0.25, -0.2) is 14.0 Å². The molecular formula is C17H23FN2O5. The fraction of sp³-hybridized carbons (Fsp3) is 0.529. The number of carbonyl (C=O) groups excluding carboxylic acids is 1. The first-order valence-corrected chi connectivity index (χ1v) is 8.02. The Labute approximate surface area is 145 Å². The summed E-state index contributed by atoms with van der Waals surface area (Å²) in [7, 11) is 0. The molecule has 0 aliphatic carbocycles. The molecule has 0 atom stereocenters. The molecule has 25 heavy (non-hydrogen) atoms. The van der Waals surface area contributed by atoms with Crippen molar-refractivity contribution in [2.75, 3.05) is 31.1 Å². The summed E-state index contributed by atoms with van der Waals surface area (Å²) in [6.07, 6.45) is -0.412. The number of ether oxygens (including phenoxy) is 1. The molecule has 1 amide bonds. The molecule has 1 aromatic rings. The third-order valence-corrected chi connectivity index (χ3v) is 3.85. The standard InChI is InChI=1S/C17H23FN2O5/c1-17(2,3)25-16(24)20-6-4-19(5-7-20)14-8-11(10-21)12(15(22)23)9-13(14)18/h8-9,21H,4-7,10H2,1-3H3,(H,22,23). The van der Waals surface area contributed by atoms with Crippen molar-refractivity contribution >= 4 is 17.7 Å². The summed E-state index contributed by atoms with van der Waals surface area (Å²) < 4.78 is 19.6. The van der Waals surface area contributed by atoms with Crippen LogP contribution in [0.25, 0.3) is 0 Å². The first-order chi connectivity index (χ1) is 11.6. The number of aliphatic hydroxyl groups excluding tert-OH is 1. The lowest BCUT2D eigenvalue weighted by molar-refractivity contribution is 0.0240. The highest BCUT2D eigenvalue weighted by Crippen LogP contribution is 2.26. The Morgan fingerprint density at radius 3 is 2.28 bits per heavy atom. The number of hydrogen-bond acceptors (Lipinski definition) is 5. The third-order valence-electron chi connectivity index (χ3n) is 3.85. The Hall–Kier alpha value is -2.35. The highest BCUT2D eigenvalue weighted by Gasteiger charge is 2.27. The van der Waals surface area contributed by atoms with Gasteiger partial charge >= 0.3 is 12.1 Å². The number of carboxylic acid groups (broad SMARTS) is 1. The monoisotopic (exact) mass is 354 g/mol. The maximum Gasteiger partial charge on any atom is 0.410 e. The average molecular weight is 354 g/mol. The van der Waals surface area contributed by atoms with Gasteiger partial charge in [-0.3, -0.25) is 0 Å². The first-order valence-electron chi connectivity index (χ1n) is 8.02. The van der Waals surface area contributed by atoms with Gasteiger partial charge in [-0.05, 0) is 38.5 Å². The summed E-state index contributed by atoms with van der Waals surface area (Å²) in [4.78, 5) is 26.4. The number of carbonyl (C=O) groups is 2. The molecule has 0 spiro atoms. The van der Waals surface area contributed by atoms with Crippen LogP contribution >= 0.6 is 0 Å². The van der Waals surface area contributed by atoms with Crippen molar-refractivity contribution < 1.29 is 28.9 Å². The minimum atomic E-state index is -1.29. The summed E-state index contributed by atoms with van der Waals surface area (Å²) in [6, 6.07) is 2.27. The molecule has 7 nitrogen and oxygen atoms in total. The van der Waals surface area contributed by atoms with E-state index in [-0.39, 0.29) is 16.8 Å². The summed E-state index contributed by atoms with van der Waals surface area (Å²) in [5.74, 6) is -1.95. The average Bonchev–Trinajstić information content (AvgIpc) is 2.53. The molecule has 1 saturated heterocycles. The number of halogens is 1. The summed E-state index contributed by atoms with van der Waals surface area (Å²) in [5, 5.41) is 18.4. The second-order valence-electron chi connectivity index (χ2n) is 6.88. The Morgan fingerprint density at radius 2 is 1.80 bits per heavy atom. The van der Waals surface area contributed by atoms with E-state index >= 15 is 0 Å². The lowest BCUT2D eigenvalue weighted by Crippen LogP contribution is -2.50. The van der Waals surface area contributed by atoms with E-state index in [2.05, 4.69) is 0 Å². The number of aromatic carboxylic acids is 1. The number of rotatable bonds is 3. The fourth-order valence-corrected chi connectivity index (χ4v) is 2.63. The maximum absolute atomic E-state index is 14.3. The van der Waals surface area contributed by atoms with Crippen molar-refractivity contribution in [1.82, 2.24) is 4.90 Å². The predicted octanol–water partition coefficient (Wildman–Crippen LogP) is 2.07. The van der Waals surface area contributed by atoms with E-state index in [4.69, 9.17) is 9.84 Å². The molecule has 2 N–H and O–H groups in total. The van der Waals surface area contributed by atoms with E-state index in [0.717, 1.165) is 6.07 Å². The summed E-state index contributed by atoms with van der Waals surface area (Å²) in [5.41, 5.74) is -0.462. The highest BCUT2D eigenvalue weighted by atomic mass is 19.1. The Balaban J connectivity index is 2.10. The van der Waals surface area contributed by atoms with E-state index in [1.54, 1.807) is 30.6 Å². The Bertz CT molecular complexity index is 664. The minimum Gasteiger partial charge on any atom is -0.478 e. The molecule has 1 aliphatic heterocycles. The molecule has 1 aromatic carbocycles. The molecule has 0 unspecified atom stereocenters. The number of hydrogen-bond donors (Lipinski definition) is 2. The van der Waals surface area contributed by atoms with Crippen LogP contribution in [0.4, 0.5) is 14.9 Å². The zero-order valence-corrected chi connectivity index (χ0v) is 14.6. The molecule has 138 valence electrons. The second-order valence-corrected chi connectivity index (χ2v) is 6.88. The van der Waals surface area contributed by atoms with Gasteiger partial charge in [0.1, 0.15) is 11.4 Å². The van der Waals surface area contributed by atoms with Gasteiger partial charge in [0.15, 0.2) is 0 Å². The van der Waals surface area contributed by atoms with Gasteiger partial charge in [0.05, 0.1) is 17.9 Å². The topological polar surface area (TPSA) is 90.3 Å². The number of benzene rings is 1. The number of aliphatic hydroxyl groups is 1. The minimum absolute atomic E-state index is 0.151. The summed E-state index contributed by atoms with van der Waals surface area (Å²) in [6.45, 7) is 6.37. The molecule has 0 radical (unpaired) electrons. The van der Waals surface area contributed by atoms with E-state index in [9.17, 15) is 19.1 Å². The van der Waals surface area contributed by atoms with Gasteiger partial charge in [-0.2, -0.15) is 0 Å². The molecule has 1 aliphatic rings. The van der Waals surface area contributed by atoms with Gasteiger partial charge < -0.3 is 24.7 Å². The zero-order chi connectivity index (χ0) is 18.8. The van der Waals surface area contributed by atoms with Gasteiger partial charge in [0.2, 0.25) is 0 Å². The van der Waals surface area contributed by atoms with Gasteiger partial charge in [0, 0.05) is 26.2 Å². The van der Waals surface area contributed by atoms with Crippen molar-refractivity contribution in [3.8, 4) is 0 Å². The zero-order valence-electron chi connectivity index (χ0n) is 14.6. The lowest BCUT2D eigenvalue weighted by Gasteiger charge is -2.37. The van der Waals surface area contributed by atoms with Crippen molar-refractivity contribution in [2.24, 2.45) is 0 Å². The van der Waals surface area contributed by atoms with Crippen LogP contribution < -0.4 is 4.90 Å². The Kier molecular flexibility index (Phi) is 5.52. The van der Waals surface area contributed by atoms with Crippen LogP contribution in [-0.2, 0) is 11.3 Å². The smallest absolute Gasteiger partial charge is 0.410 e. The molecule has 0 bridgehead atoms. The number of nitrogens with zero attached hydrogens (tertiary/aromatic N) is 2. The van der Waals surface area contributed by atoms with E-state index in [1.165, 1.54) is 6.07 Å². The fourth-order valence-electron chi connectivity index (χ4n) is 2.63. The van der Waals surface area contributed by atoms with E-state index in [0.29, 0.717) is 26.2 Å². The van der Waals surface area contributed by atoms with Crippen LogP contribution in [0.2, 0.25) is 0 Å². The highest BCUT2D eigenvalue weighted by molar-refractivity contribution is 5.90. The van der Waals surface area contributed by atoms with Crippen LogP contribution in [0.3, 0.4) is 0 Å². The Morgan fingerprint density at radius 1 is 1.20 bits per heavy atom. The molecule has 1 heterocycles. The SMILES string of the molecule is CC(C)(C)OC(=O)N1CCN(c2cc(CO)c(C(=O)O)cc2F)CC1. The summed E-state index contributed by atoms with van der Waals surface area (Å²) >= 11 is 0. The molecule has 2 rings (SSSR count). The van der Waals surface area contributed by atoms with E-state index < -0.39 is 30.1 Å². The molecular weight excluding hydrogens is 331 g/mol. The third kappa shape index (κ3) is 4.60. The van der Waals surface area contributed by atoms with Crippen LogP contribution in [-0.4, -0.2) is 59.0 Å². The molecule has 8 heteroatoms. The first kappa shape index (κ1) is 19.0. The quantitative estimate of drug-likeness (QED) is 0.864. The van der Waals surface area contributed by atoms with Crippen LogP contribution in [0.5, 0.6) is 0 Å². The van der Waals surface area contributed by atoms with Gasteiger partial charge in [-0.15, -0.1) is 0 Å². The predicted molar refractivity (Wildman–Crippen MR) is 89.3 cm³/mol. The van der Waals surface area contributed by atoms with Gasteiger partial charge in [-0.1, -0.05) is 0 Å². The van der Waals surface area contributed by atoms with Crippen molar-refractivity contribution in [2.45, 2.75) is 33.0 Å². The lowest BCUT2D eigenvalue weighted by atomic mass is 10.1. The largest absolute Gasteiger partial charge is 0.478 e. The van der Waals surface area contributed by atoms with Crippen molar-refractivity contribution in [3.05, 3.63) is 29.1 Å². The second kappa shape index (κ2) is 7.26.